The number of ketones is 1. The lowest BCUT2D eigenvalue weighted by Crippen LogP contribution is -2.34. The van der Waals surface area contributed by atoms with Crippen LogP contribution >= 0.6 is 12.2 Å². The zero-order valence-electron chi connectivity index (χ0n) is 15.7. The predicted molar refractivity (Wildman–Crippen MR) is 112 cm³/mol. The van der Waals surface area contributed by atoms with Gasteiger partial charge < -0.3 is 10.1 Å². The third-order valence-electron chi connectivity index (χ3n) is 3.83. The fourth-order valence-corrected chi connectivity index (χ4v) is 2.48. The summed E-state index contributed by atoms with van der Waals surface area (Å²) in [6.07, 6.45) is 0.979. The number of hydrogen-bond donors (Lipinski definition) is 2. The number of anilines is 1. The molecule has 0 unspecified atom stereocenters. The molecular weight excluding hydrogens is 360 g/mol. The largest absolute Gasteiger partial charge is 0.494 e. The molecule has 2 aromatic carbocycles. The first-order valence-electron chi connectivity index (χ1n) is 8.81. The molecule has 0 saturated heterocycles. The molecule has 2 rings (SSSR count). The van der Waals surface area contributed by atoms with Crippen molar-refractivity contribution in [2.24, 2.45) is 5.92 Å². The normalized spacial score (nSPS) is 10.4. The maximum absolute atomic E-state index is 12.3. The number of carbonyl (C=O) groups is 2. The Bertz CT molecular complexity index is 816. The molecule has 0 atom stereocenters. The van der Waals surface area contributed by atoms with E-state index in [0.29, 0.717) is 29.3 Å². The van der Waals surface area contributed by atoms with Crippen LogP contribution in [-0.2, 0) is 0 Å². The second-order valence-corrected chi connectivity index (χ2v) is 7.01. The van der Waals surface area contributed by atoms with Gasteiger partial charge in [0.1, 0.15) is 5.75 Å². The fraction of sp³-hybridized carbons (Fsp3) is 0.286. The Labute approximate surface area is 165 Å². The molecule has 5 nitrogen and oxygen atoms in total. The highest BCUT2D eigenvalue weighted by molar-refractivity contribution is 7.80. The molecule has 0 aliphatic heterocycles. The predicted octanol–water partition coefficient (Wildman–Crippen LogP) is 4.44. The lowest BCUT2D eigenvalue weighted by molar-refractivity contribution is 0.0975. The van der Waals surface area contributed by atoms with Crippen molar-refractivity contribution in [1.29, 1.82) is 0 Å². The van der Waals surface area contributed by atoms with Gasteiger partial charge in [-0.2, -0.15) is 0 Å². The molecule has 6 heteroatoms. The van der Waals surface area contributed by atoms with Crippen LogP contribution in [0.4, 0.5) is 5.69 Å². The topological polar surface area (TPSA) is 67.4 Å². The Morgan fingerprint density at radius 3 is 2.41 bits per heavy atom. The van der Waals surface area contributed by atoms with Crippen LogP contribution in [0.3, 0.4) is 0 Å². The lowest BCUT2D eigenvalue weighted by Gasteiger charge is -2.11. The fourth-order valence-electron chi connectivity index (χ4n) is 2.27. The van der Waals surface area contributed by atoms with Crippen molar-refractivity contribution in [2.45, 2.75) is 27.2 Å². The lowest BCUT2D eigenvalue weighted by atomic mass is 10.1. The maximum Gasteiger partial charge on any atom is 0.257 e. The van der Waals surface area contributed by atoms with Crippen LogP contribution in [0, 0.1) is 5.92 Å². The van der Waals surface area contributed by atoms with E-state index in [4.69, 9.17) is 17.0 Å². The van der Waals surface area contributed by atoms with Crippen molar-refractivity contribution in [3.05, 3.63) is 59.7 Å². The van der Waals surface area contributed by atoms with Crippen molar-refractivity contribution in [1.82, 2.24) is 5.32 Å². The number of carbonyl (C=O) groups excluding carboxylic acids is 2. The number of ether oxygens (including phenoxy) is 1. The average Bonchev–Trinajstić information content (AvgIpc) is 2.62. The number of nitrogens with one attached hydrogen (secondary N) is 2. The van der Waals surface area contributed by atoms with Crippen LogP contribution in [0.15, 0.2) is 48.5 Å². The van der Waals surface area contributed by atoms with Crippen LogP contribution < -0.4 is 15.4 Å². The van der Waals surface area contributed by atoms with Crippen LogP contribution in [0.5, 0.6) is 5.75 Å². The molecule has 0 heterocycles. The van der Waals surface area contributed by atoms with Crippen molar-refractivity contribution >= 4 is 34.7 Å². The van der Waals surface area contributed by atoms with Gasteiger partial charge in [-0.05, 0) is 67.9 Å². The van der Waals surface area contributed by atoms with Crippen molar-refractivity contribution in [3.8, 4) is 5.75 Å². The van der Waals surface area contributed by atoms with Gasteiger partial charge in [-0.15, -0.1) is 0 Å². The minimum absolute atomic E-state index is 0.0377. The van der Waals surface area contributed by atoms with E-state index in [1.54, 1.807) is 48.5 Å². The van der Waals surface area contributed by atoms with Crippen molar-refractivity contribution < 1.29 is 14.3 Å². The Kier molecular flexibility index (Phi) is 7.49. The van der Waals surface area contributed by atoms with E-state index < -0.39 is 0 Å². The summed E-state index contributed by atoms with van der Waals surface area (Å²) in [5.74, 6) is 0.960. The molecule has 0 bridgehead atoms. The van der Waals surface area contributed by atoms with E-state index in [1.807, 2.05) is 0 Å². The maximum atomic E-state index is 12.3. The summed E-state index contributed by atoms with van der Waals surface area (Å²) < 4.78 is 5.64. The first-order valence-corrected chi connectivity index (χ1v) is 9.22. The molecule has 0 spiro atoms. The first-order chi connectivity index (χ1) is 12.8. The molecule has 2 N–H and O–H groups in total. The van der Waals surface area contributed by atoms with E-state index in [9.17, 15) is 9.59 Å². The quantitative estimate of drug-likeness (QED) is 0.546. The first kappa shape index (κ1) is 20.6. The van der Waals surface area contributed by atoms with Crippen molar-refractivity contribution in [2.75, 3.05) is 11.9 Å². The van der Waals surface area contributed by atoms with E-state index >= 15 is 0 Å². The molecule has 142 valence electrons. The Balaban J connectivity index is 1.89. The zero-order chi connectivity index (χ0) is 19.8. The zero-order valence-corrected chi connectivity index (χ0v) is 16.6. The number of rotatable bonds is 7. The Morgan fingerprint density at radius 1 is 1.07 bits per heavy atom. The summed E-state index contributed by atoms with van der Waals surface area (Å²) >= 11 is 5.18. The van der Waals surface area contributed by atoms with Gasteiger partial charge in [-0.25, -0.2) is 0 Å². The van der Waals surface area contributed by atoms with E-state index in [0.717, 1.165) is 12.2 Å². The third-order valence-corrected chi connectivity index (χ3v) is 4.04. The monoisotopic (exact) mass is 384 g/mol. The third kappa shape index (κ3) is 6.83. The molecule has 0 aliphatic carbocycles. The Hall–Kier alpha value is -2.73. The summed E-state index contributed by atoms with van der Waals surface area (Å²) in [4.78, 5) is 23.7. The van der Waals surface area contributed by atoms with Gasteiger partial charge in [0.15, 0.2) is 10.9 Å². The van der Waals surface area contributed by atoms with Gasteiger partial charge in [-0.3, -0.25) is 14.9 Å². The molecule has 0 radical (unpaired) electrons. The molecule has 0 saturated carbocycles. The van der Waals surface area contributed by atoms with E-state index in [-0.39, 0.29) is 16.8 Å². The van der Waals surface area contributed by atoms with Gasteiger partial charge >= 0.3 is 0 Å². The van der Waals surface area contributed by atoms with Crippen LogP contribution in [0.2, 0.25) is 0 Å². The molecule has 27 heavy (non-hydrogen) atoms. The molecule has 0 fully saturated rings. The second kappa shape index (κ2) is 9.83. The molecule has 1 amide bonds. The van der Waals surface area contributed by atoms with Gasteiger partial charge in [-0.1, -0.05) is 26.0 Å². The molecular formula is C21H24N2O3S. The van der Waals surface area contributed by atoms with E-state index in [2.05, 4.69) is 24.5 Å². The molecule has 2 aromatic rings. The van der Waals surface area contributed by atoms with E-state index in [1.165, 1.54) is 6.92 Å². The minimum Gasteiger partial charge on any atom is -0.494 e. The summed E-state index contributed by atoms with van der Waals surface area (Å²) in [5.41, 5.74) is 1.69. The van der Waals surface area contributed by atoms with Crippen molar-refractivity contribution in [3.63, 3.8) is 0 Å². The summed E-state index contributed by atoms with van der Waals surface area (Å²) in [7, 11) is 0. The SMILES string of the molecule is CC(=O)c1cccc(NC(=S)NC(=O)c2ccc(OCCC(C)C)cc2)c1. The minimum atomic E-state index is -0.316. The number of benzene rings is 2. The standard InChI is InChI=1S/C21H24N2O3S/c1-14(2)11-12-26-19-9-7-16(8-10-19)20(25)23-21(27)22-18-6-4-5-17(13-18)15(3)24/h4-10,13-14H,11-12H2,1-3H3,(H2,22,23,25,27). The average molecular weight is 385 g/mol. The summed E-state index contributed by atoms with van der Waals surface area (Å²) in [5, 5.41) is 5.70. The highest BCUT2D eigenvalue weighted by Gasteiger charge is 2.09. The Morgan fingerprint density at radius 2 is 1.78 bits per heavy atom. The summed E-state index contributed by atoms with van der Waals surface area (Å²) in [6, 6.07) is 13.8. The van der Waals surface area contributed by atoms with Gasteiger partial charge in [0, 0.05) is 16.8 Å². The smallest absolute Gasteiger partial charge is 0.257 e. The van der Waals surface area contributed by atoms with Crippen LogP contribution in [0.25, 0.3) is 0 Å². The van der Waals surface area contributed by atoms with Crippen LogP contribution in [0.1, 0.15) is 47.9 Å². The van der Waals surface area contributed by atoms with Gasteiger partial charge in [0.2, 0.25) is 0 Å². The number of thiocarbonyl (C=S) groups is 1. The van der Waals surface area contributed by atoms with Gasteiger partial charge in [0.05, 0.1) is 6.61 Å². The number of amides is 1. The second-order valence-electron chi connectivity index (χ2n) is 6.60. The molecule has 0 aromatic heterocycles. The van der Waals surface area contributed by atoms with Gasteiger partial charge in [0.25, 0.3) is 5.91 Å². The summed E-state index contributed by atoms with van der Waals surface area (Å²) in [6.45, 7) is 6.43. The number of Topliss-reactive ketones (excluding diaryl/α,β-unsaturated/α-hetero) is 1. The highest BCUT2D eigenvalue weighted by atomic mass is 32.1. The highest BCUT2D eigenvalue weighted by Crippen LogP contribution is 2.14. The van der Waals surface area contributed by atoms with Crippen LogP contribution in [-0.4, -0.2) is 23.4 Å². The number of hydrogen-bond acceptors (Lipinski definition) is 4. The molecule has 0 aliphatic rings.